The second-order valence-electron chi connectivity index (χ2n) is 4.83. The summed E-state index contributed by atoms with van der Waals surface area (Å²) in [5, 5.41) is 8.10. The van der Waals surface area contributed by atoms with Crippen molar-refractivity contribution in [2.45, 2.75) is 58.4 Å². The smallest absolute Gasteiger partial charge is 0.0639 e. The molecule has 0 aliphatic carbocycles. The maximum Gasteiger partial charge on any atom is 0.0639 e. The van der Waals surface area contributed by atoms with Crippen LogP contribution in [0.1, 0.15) is 51.6 Å². The van der Waals surface area contributed by atoms with Gasteiger partial charge in [0.15, 0.2) is 0 Å². The van der Waals surface area contributed by atoms with Gasteiger partial charge in [-0.3, -0.25) is 4.68 Å². The molecule has 1 heterocycles. The number of unbranched alkanes of at least 4 members (excludes halogenated alkanes) is 2. The quantitative estimate of drug-likeness (QED) is 0.669. The van der Waals surface area contributed by atoms with Crippen LogP contribution in [0, 0.1) is 0 Å². The summed E-state index contributed by atoms with van der Waals surface area (Å²) < 4.78 is 1.89. The van der Waals surface area contributed by atoms with Gasteiger partial charge in [0, 0.05) is 25.7 Å². The highest BCUT2D eigenvalue weighted by Crippen LogP contribution is 2.08. The third-order valence-corrected chi connectivity index (χ3v) is 3.06. The van der Waals surface area contributed by atoms with Crippen LogP contribution in [0.5, 0.6) is 0 Å². The predicted octanol–water partition coefficient (Wildman–Crippen LogP) is 2.91. The minimum atomic E-state index is 0.594. The number of nitrogens with zero attached hydrogens (tertiary/aromatic N) is 2. The highest BCUT2D eigenvalue weighted by Gasteiger charge is 2.10. The fraction of sp³-hybridized carbons (Fsp3) is 0.786. The number of hydrogen-bond acceptors (Lipinski definition) is 2. The first-order valence-corrected chi connectivity index (χ1v) is 6.98. The van der Waals surface area contributed by atoms with Gasteiger partial charge in [0.2, 0.25) is 0 Å². The normalized spacial score (nSPS) is 12.9. The van der Waals surface area contributed by atoms with Crippen LogP contribution < -0.4 is 5.32 Å². The zero-order chi connectivity index (χ0) is 12.5. The van der Waals surface area contributed by atoms with Crippen LogP contribution in [0.25, 0.3) is 0 Å². The molecule has 0 spiro atoms. The van der Waals surface area contributed by atoms with Gasteiger partial charge < -0.3 is 5.32 Å². The molecule has 0 fully saturated rings. The average Bonchev–Trinajstić information content (AvgIpc) is 2.72. The molecular weight excluding hydrogens is 210 g/mol. The highest BCUT2D eigenvalue weighted by atomic mass is 15.2. The van der Waals surface area contributed by atoms with Crippen molar-refractivity contribution in [3.8, 4) is 0 Å². The lowest BCUT2D eigenvalue weighted by molar-refractivity contribution is 0.451. The van der Waals surface area contributed by atoms with E-state index in [1.165, 1.54) is 37.8 Å². The van der Waals surface area contributed by atoms with Crippen molar-refractivity contribution in [3.63, 3.8) is 0 Å². The Balaban J connectivity index is 2.38. The van der Waals surface area contributed by atoms with Gasteiger partial charge in [-0.1, -0.05) is 33.1 Å². The topological polar surface area (TPSA) is 29.9 Å². The first-order valence-electron chi connectivity index (χ1n) is 6.98. The van der Waals surface area contributed by atoms with Crippen molar-refractivity contribution in [3.05, 3.63) is 18.0 Å². The van der Waals surface area contributed by atoms with Gasteiger partial charge in [-0.25, -0.2) is 0 Å². The molecule has 0 bridgehead atoms. The lowest BCUT2D eigenvalue weighted by Crippen LogP contribution is -2.32. The van der Waals surface area contributed by atoms with Crippen LogP contribution >= 0.6 is 0 Å². The van der Waals surface area contributed by atoms with Gasteiger partial charge in [-0.05, 0) is 25.5 Å². The summed E-state index contributed by atoms with van der Waals surface area (Å²) in [7, 11) is 1.98. The van der Waals surface area contributed by atoms with Crippen molar-refractivity contribution in [1.29, 1.82) is 0 Å². The van der Waals surface area contributed by atoms with Crippen LogP contribution in [-0.2, 0) is 13.5 Å². The van der Waals surface area contributed by atoms with Crippen LogP contribution in [-0.4, -0.2) is 22.4 Å². The SMILES string of the molecule is CCCCCC(Cc1ccn(C)n1)NCCC. The molecule has 0 amide bonds. The second-order valence-corrected chi connectivity index (χ2v) is 4.83. The summed E-state index contributed by atoms with van der Waals surface area (Å²) in [6.45, 7) is 5.59. The average molecular weight is 237 g/mol. The third-order valence-electron chi connectivity index (χ3n) is 3.06. The molecule has 98 valence electrons. The predicted molar refractivity (Wildman–Crippen MR) is 73.1 cm³/mol. The highest BCUT2D eigenvalue weighted by molar-refractivity contribution is 5.01. The number of nitrogens with one attached hydrogen (secondary N) is 1. The Labute approximate surface area is 106 Å². The van der Waals surface area contributed by atoms with E-state index >= 15 is 0 Å². The van der Waals surface area contributed by atoms with E-state index < -0.39 is 0 Å². The monoisotopic (exact) mass is 237 g/mol. The minimum Gasteiger partial charge on any atom is -0.314 e. The van der Waals surface area contributed by atoms with Crippen molar-refractivity contribution >= 4 is 0 Å². The van der Waals surface area contributed by atoms with Crippen molar-refractivity contribution in [2.24, 2.45) is 7.05 Å². The fourth-order valence-corrected chi connectivity index (χ4v) is 2.09. The minimum absolute atomic E-state index is 0.594. The molecule has 1 aromatic rings. The Bertz CT molecular complexity index is 293. The Morgan fingerprint density at radius 2 is 2.12 bits per heavy atom. The summed E-state index contributed by atoms with van der Waals surface area (Å²) in [5.74, 6) is 0. The van der Waals surface area contributed by atoms with Crippen molar-refractivity contribution < 1.29 is 0 Å². The fourth-order valence-electron chi connectivity index (χ4n) is 2.09. The van der Waals surface area contributed by atoms with Gasteiger partial charge in [0.25, 0.3) is 0 Å². The van der Waals surface area contributed by atoms with Crippen molar-refractivity contribution in [1.82, 2.24) is 15.1 Å². The first-order chi connectivity index (χ1) is 8.26. The molecule has 1 atom stereocenters. The van der Waals surface area contributed by atoms with E-state index in [0.29, 0.717) is 6.04 Å². The molecule has 1 N–H and O–H groups in total. The van der Waals surface area contributed by atoms with E-state index in [0.717, 1.165) is 13.0 Å². The Morgan fingerprint density at radius 1 is 1.29 bits per heavy atom. The van der Waals surface area contributed by atoms with E-state index in [1.54, 1.807) is 0 Å². The molecule has 3 nitrogen and oxygen atoms in total. The van der Waals surface area contributed by atoms with E-state index in [4.69, 9.17) is 0 Å². The summed E-state index contributed by atoms with van der Waals surface area (Å²) in [6, 6.07) is 2.72. The van der Waals surface area contributed by atoms with Crippen molar-refractivity contribution in [2.75, 3.05) is 6.54 Å². The third kappa shape index (κ3) is 5.87. The Morgan fingerprint density at radius 3 is 2.71 bits per heavy atom. The molecule has 0 aliphatic heterocycles. The summed E-state index contributed by atoms with van der Waals surface area (Å²) in [6.07, 6.45) is 9.51. The molecule has 0 saturated carbocycles. The number of aryl methyl sites for hydroxylation is 1. The number of rotatable bonds is 9. The molecule has 1 rings (SSSR count). The van der Waals surface area contributed by atoms with E-state index in [9.17, 15) is 0 Å². The largest absolute Gasteiger partial charge is 0.314 e. The van der Waals surface area contributed by atoms with Crippen LogP contribution in [0.2, 0.25) is 0 Å². The Kier molecular flexibility index (Phi) is 6.94. The van der Waals surface area contributed by atoms with Gasteiger partial charge >= 0.3 is 0 Å². The first kappa shape index (κ1) is 14.2. The standard InChI is InChI=1S/C14H27N3/c1-4-6-7-8-13(15-10-5-2)12-14-9-11-17(3)16-14/h9,11,13,15H,4-8,10,12H2,1-3H3. The van der Waals surface area contributed by atoms with Crippen LogP contribution in [0.15, 0.2) is 12.3 Å². The molecule has 17 heavy (non-hydrogen) atoms. The Hall–Kier alpha value is -0.830. The van der Waals surface area contributed by atoms with Crippen LogP contribution in [0.3, 0.4) is 0 Å². The maximum atomic E-state index is 4.46. The molecule has 0 aromatic carbocycles. The summed E-state index contributed by atoms with van der Waals surface area (Å²) >= 11 is 0. The van der Waals surface area contributed by atoms with E-state index in [-0.39, 0.29) is 0 Å². The molecule has 3 heteroatoms. The molecule has 1 unspecified atom stereocenters. The zero-order valence-electron chi connectivity index (χ0n) is 11.6. The molecule has 0 radical (unpaired) electrons. The van der Waals surface area contributed by atoms with E-state index in [1.807, 2.05) is 17.9 Å². The number of hydrogen-bond donors (Lipinski definition) is 1. The van der Waals surface area contributed by atoms with E-state index in [2.05, 4.69) is 30.3 Å². The van der Waals surface area contributed by atoms with Gasteiger partial charge in [-0.2, -0.15) is 5.10 Å². The molecule has 0 saturated heterocycles. The zero-order valence-corrected chi connectivity index (χ0v) is 11.6. The lowest BCUT2D eigenvalue weighted by atomic mass is 10.0. The van der Waals surface area contributed by atoms with Gasteiger partial charge in [-0.15, -0.1) is 0 Å². The number of aromatic nitrogens is 2. The summed E-state index contributed by atoms with van der Waals surface area (Å²) in [4.78, 5) is 0. The second kappa shape index (κ2) is 8.29. The van der Waals surface area contributed by atoms with Crippen LogP contribution in [0.4, 0.5) is 0 Å². The van der Waals surface area contributed by atoms with Gasteiger partial charge in [0.1, 0.15) is 0 Å². The molecule has 1 aromatic heterocycles. The lowest BCUT2D eigenvalue weighted by Gasteiger charge is -2.17. The molecular formula is C14H27N3. The van der Waals surface area contributed by atoms with Gasteiger partial charge in [0.05, 0.1) is 5.69 Å². The molecule has 0 aliphatic rings. The summed E-state index contributed by atoms with van der Waals surface area (Å²) in [5.41, 5.74) is 1.21. The maximum absolute atomic E-state index is 4.46.